The van der Waals surface area contributed by atoms with E-state index in [1.54, 1.807) is 24.3 Å². The van der Waals surface area contributed by atoms with Crippen molar-refractivity contribution < 1.29 is 22.4 Å². The predicted molar refractivity (Wildman–Crippen MR) is 107 cm³/mol. The zero-order valence-corrected chi connectivity index (χ0v) is 16.9. The fraction of sp³-hybridized carbons (Fsp3) is 0.300. The Morgan fingerprint density at radius 3 is 2.00 bits per heavy atom. The largest absolute Gasteiger partial charge is 0.354 e. The third-order valence-electron chi connectivity index (χ3n) is 4.19. The Labute approximate surface area is 169 Å². The summed E-state index contributed by atoms with van der Waals surface area (Å²) >= 11 is 0. The molecule has 0 saturated heterocycles. The van der Waals surface area contributed by atoms with Crippen molar-refractivity contribution in [3.63, 3.8) is 0 Å². The van der Waals surface area contributed by atoms with Gasteiger partial charge in [0.25, 0.3) is 0 Å². The van der Waals surface area contributed by atoms with Crippen LogP contribution in [-0.4, -0.2) is 40.4 Å². The van der Waals surface area contributed by atoms with Crippen LogP contribution in [0.4, 0.5) is 4.39 Å². The molecule has 2 aromatic rings. The Kier molecular flexibility index (Phi) is 8.29. The average molecular weight is 421 g/mol. The maximum absolute atomic E-state index is 12.8. The second kappa shape index (κ2) is 10.7. The second-order valence-corrected chi connectivity index (χ2v) is 8.24. The van der Waals surface area contributed by atoms with Crippen molar-refractivity contribution in [3.8, 4) is 0 Å². The Morgan fingerprint density at radius 1 is 0.862 bits per heavy atom. The lowest BCUT2D eigenvalue weighted by Crippen LogP contribution is -2.35. The molecule has 9 heteroatoms. The number of nitrogens with one attached hydrogen (secondary N) is 3. The SMILES string of the molecule is CNS(=O)(=O)c1ccc(CCC(=O)NCCNC(=O)Cc2ccc(F)cc2)cc1. The zero-order valence-electron chi connectivity index (χ0n) is 16.1. The fourth-order valence-electron chi connectivity index (χ4n) is 2.55. The van der Waals surface area contributed by atoms with Gasteiger partial charge in [0.15, 0.2) is 0 Å². The van der Waals surface area contributed by atoms with E-state index in [1.807, 2.05) is 0 Å². The van der Waals surface area contributed by atoms with Crippen LogP contribution in [0.15, 0.2) is 53.4 Å². The number of hydrogen-bond donors (Lipinski definition) is 3. The Bertz CT molecular complexity index is 929. The van der Waals surface area contributed by atoms with E-state index in [0.29, 0.717) is 25.1 Å². The van der Waals surface area contributed by atoms with E-state index in [9.17, 15) is 22.4 Å². The number of rotatable bonds is 10. The summed E-state index contributed by atoms with van der Waals surface area (Å²) in [6, 6.07) is 12.0. The van der Waals surface area contributed by atoms with Crippen molar-refractivity contribution in [1.29, 1.82) is 0 Å². The van der Waals surface area contributed by atoms with Gasteiger partial charge in [-0.3, -0.25) is 9.59 Å². The topological polar surface area (TPSA) is 104 Å². The Hall–Kier alpha value is -2.78. The number of carbonyl (C=O) groups excluding carboxylic acids is 2. The maximum Gasteiger partial charge on any atom is 0.240 e. The van der Waals surface area contributed by atoms with E-state index in [-0.39, 0.29) is 35.4 Å². The highest BCUT2D eigenvalue weighted by Crippen LogP contribution is 2.11. The molecule has 0 atom stereocenters. The summed E-state index contributed by atoms with van der Waals surface area (Å²) in [4.78, 5) is 23.9. The molecule has 0 saturated carbocycles. The van der Waals surface area contributed by atoms with Crippen LogP contribution in [-0.2, 0) is 32.5 Å². The lowest BCUT2D eigenvalue weighted by Gasteiger charge is -2.08. The van der Waals surface area contributed by atoms with Gasteiger partial charge >= 0.3 is 0 Å². The van der Waals surface area contributed by atoms with Crippen molar-refractivity contribution in [2.75, 3.05) is 20.1 Å². The molecule has 0 aromatic heterocycles. The minimum Gasteiger partial charge on any atom is -0.354 e. The van der Waals surface area contributed by atoms with Crippen molar-refractivity contribution in [1.82, 2.24) is 15.4 Å². The smallest absolute Gasteiger partial charge is 0.240 e. The number of aryl methyl sites for hydroxylation is 1. The summed E-state index contributed by atoms with van der Waals surface area (Å²) < 4.78 is 38.4. The van der Waals surface area contributed by atoms with E-state index in [2.05, 4.69) is 15.4 Å². The summed E-state index contributed by atoms with van der Waals surface area (Å²) in [5, 5.41) is 5.41. The number of sulfonamides is 1. The maximum atomic E-state index is 12.8. The molecule has 7 nitrogen and oxygen atoms in total. The fourth-order valence-corrected chi connectivity index (χ4v) is 3.28. The van der Waals surface area contributed by atoms with Crippen LogP contribution in [0.25, 0.3) is 0 Å². The summed E-state index contributed by atoms with van der Waals surface area (Å²) in [6.45, 7) is 0.593. The van der Waals surface area contributed by atoms with Crippen LogP contribution in [0.5, 0.6) is 0 Å². The molecule has 0 radical (unpaired) electrons. The van der Waals surface area contributed by atoms with Crippen LogP contribution < -0.4 is 15.4 Å². The summed E-state index contributed by atoms with van der Waals surface area (Å²) in [7, 11) is -2.12. The Balaban J connectivity index is 1.64. The van der Waals surface area contributed by atoms with Gasteiger partial charge in [0.1, 0.15) is 5.82 Å². The number of benzene rings is 2. The first kappa shape index (κ1) is 22.5. The highest BCUT2D eigenvalue weighted by molar-refractivity contribution is 7.89. The van der Waals surface area contributed by atoms with Gasteiger partial charge in [-0.2, -0.15) is 0 Å². The van der Waals surface area contributed by atoms with Gasteiger partial charge in [-0.15, -0.1) is 0 Å². The summed E-state index contributed by atoms with van der Waals surface area (Å²) in [5.41, 5.74) is 1.56. The van der Waals surface area contributed by atoms with Crippen LogP contribution in [0.2, 0.25) is 0 Å². The van der Waals surface area contributed by atoms with E-state index >= 15 is 0 Å². The van der Waals surface area contributed by atoms with Gasteiger partial charge in [-0.25, -0.2) is 17.5 Å². The first-order valence-corrected chi connectivity index (χ1v) is 10.6. The minimum atomic E-state index is -3.47. The molecule has 0 heterocycles. The van der Waals surface area contributed by atoms with Gasteiger partial charge in [0.2, 0.25) is 21.8 Å². The van der Waals surface area contributed by atoms with Crippen molar-refractivity contribution in [2.24, 2.45) is 0 Å². The molecule has 0 aliphatic carbocycles. The van der Waals surface area contributed by atoms with E-state index in [0.717, 1.165) is 5.56 Å². The van der Waals surface area contributed by atoms with E-state index < -0.39 is 10.0 Å². The van der Waals surface area contributed by atoms with Crippen molar-refractivity contribution >= 4 is 21.8 Å². The standard InChI is InChI=1S/C20H24FN3O4S/c1-22-29(27,28)18-9-4-15(5-10-18)6-11-19(25)23-12-13-24-20(26)14-16-2-7-17(21)8-3-16/h2-5,7-10,22H,6,11-14H2,1H3,(H,23,25)(H,24,26). The molecule has 3 N–H and O–H groups in total. The van der Waals surface area contributed by atoms with Crippen LogP contribution in [0.1, 0.15) is 17.5 Å². The van der Waals surface area contributed by atoms with Crippen molar-refractivity contribution in [3.05, 3.63) is 65.5 Å². The number of halogens is 1. The Morgan fingerprint density at radius 2 is 1.41 bits per heavy atom. The summed E-state index contributed by atoms with van der Waals surface area (Å²) in [6.07, 6.45) is 0.873. The molecule has 2 rings (SSSR count). The first-order chi connectivity index (χ1) is 13.8. The highest BCUT2D eigenvalue weighted by atomic mass is 32.2. The minimum absolute atomic E-state index is 0.146. The van der Waals surface area contributed by atoms with Gasteiger partial charge in [-0.1, -0.05) is 24.3 Å². The second-order valence-electron chi connectivity index (χ2n) is 6.35. The highest BCUT2D eigenvalue weighted by Gasteiger charge is 2.11. The molecular weight excluding hydrogens is 397 g/mol. The third-order valence-corrected chi connectivity index (χ3v) is 5.62. The van der Waals surface area contributed by atoms with Gasteiger partial charge in [0.05, 0.1) is 11.3 Å². The molecule has 0 aliphatic rings. The number of amides is 2. The number of carbonyl (C=O) groups is 2. The molecule has 0 fully saturated rings. The molecule has 29 heavy (non-hydrogen) atoms. The predicted octanol–water partition coefficient (Wildman–Crippen LogP) is 1.14. The lowest BCUT2D eigenvalue weighted by molar-refractivity contribution is -0.122. The average Bonchev–Trinajstić information content (AvgIpc) is 2.71. The van der Waals surface area contributed by atoms with Crippen molar-refractivity contribution in [2.45, 2.75) is 24.2 Å². The van der Waals surface area contributed by atoms with Crippen LogP contribution >= 0.6 is 0 Å². The third kappa shape index (κ3) is 7.63. The quantitative estimate of drug-likeness (QED) is 0.501. The molecule has 0 bridgehead atoms. The first-order valence-electron chi connectivity index (χ1n) is 9.10. The van der Waals surface area contributed by atoms with Gasteiger partial charge in [-0.05, 0) is 48.9 Å². The van der Waals surface area contributed by atoms with E-state index in [1.165, 1.54) is 31.3 Å². The molecule has 0 unspecified atom stereocenters. The zero-order chi connectivity index (χ0) is 21.3. The number of hydrogen-bond acceptors (Lipinski definition) is 4. The summed E-state index contributed by atoms with van der Waals surface area (Å²) in [5.74, 6) is -0.719. The van der Waals surface area contributed by atoms with E-state index in [4.69, 9.17) is 0 Å². The van der Waals surface area contributed by atoms with Crippen LogP contribution in [0.3, 0.4) is 0 Å². The molecule has 0 spiro atoms. The molecule has 156 valence electrons. The molecule has 2 amide bonds. The monoisotopic (exact) mass is 421 g/mol. The van der Waals surface area contributed by atoms with Gasteiger partial charge < -0.3 is 10.6 Å². The molecular formula is C20H24FN3O4S. The molecule has 2 aromatic carbocycles. The van der Waals surface area contributed by atoms with Gasteiger partial charge in [0, 0.05) is 19.5 Å². The normalized spacial score (nSPS) is 11.1. The van der Waals surface area contributed by atoms with Crippen LogP contribution in [0, 0.1) is 5.82 Å². The lowest BCUT2D eigenvalue weighted by atomic mass is 10.1. The molecule has 0 aliphatic heterocycles.